The average Bonchev–Trinajstić information content (AvgIpc) is 2.49. The van der Waals surface area contributed by atoms with Crippen molar-refractivity contribution < 1.29 is 9.84 Å². The van der Waals surface area contributed by atoms with E-state index in [1.807, 2.05) is 42.5 Å². The lowest BCUT2D eigenvalue weighted by atomic mass is 10.1. The molecule has 0 atom stereocenters. The minimum Gasteiger partial charge on any atom is -0.504 e. The van der Waals surface area contributed by atoms with Crippen molar-refractivity contribution in [3.8, 4) is 11.5 Å². The van der Waals surface area contributed by atoms with Gasteiger partial charge in [0.2, 0.25) is 0 Å². The van der Waals surface area contributed by atoms with E-state index in [4.69, 9.17) is 27.9 Å². The summed E-state index contributed by atoms with van der Waals surface area (Å²) in [7, 11) is 0. The predicted molar refractivity (Wildman–Crippen MR) is 86.4 cm³/mol. The molecule has 0 bridgehead atoms. The molecule has 0 saturated heterocycles. The Morgan fingerprint density at radius 2 is 1.62 bits per heavy atom. The van der Waals surface area contributed by atoms with E-state index in [2.05, 4.69) is 0 Å². The number of fused-ring (bicyclic) bond motifs is 1. The minimum absolute atomic E-state index is 0.104. The molecule has 0 amide bonds. The number of benzene rings is 3. The second kappa shape index (κ2) is 5.84. The van der Waals surface area contributed by atoms with Gasteiger partial charge in [0.1, 0.15) is 6.61 Å². The van der Waals surface area contributed by atoms with Gasteiger partial charge < -0.3 is 9.84 Å². The van der Waals surface area contributed by atoms with Crippen molar-refractivity contribution in [1.29, 1.82) is 0 Å². The van der Waals surface area contributed by atoms with Gasteiger partial charge in [-0.2, -0.15) is 0 Å². The summed E-state index contributed by atoms with van der Waals surface area (Å²) in [6.45, 7) is 0.241. The Bertz CT molecular complexity index is 800. The maximum absolute atomic E-state index is 10.0. The third-order valence-electron chi connectivity index (χ3n) is 3.24. The Morgan fingerprint density at radius 1 is 0.905 bits per heavy atom. The van der Waals surface area contributed by atoms with Gasteiger partial charge in [-0.25, -0.2) is 0 Å². The lowest BCUT2D eigenvalue weighted by Gasteiger charge is -2.11. The zero-order valence-electron chi connectivity index (χ0n) is 11.0. The SMILES string of the molecule is Oc1cc2ccccc2cc1OCc1cccc(Cl)c1Cl. The number of rotatable bonds is 3. The zero-order valence-corrected chi connectivity index (χ0v) is 12.5. The third-order valence-corrected chi connectivity index (χ3v) is 4.10. The van der Waals surface area contributed by atoms with Crippen molar-refractivity contribution >= 4 is 34.0 Å². The highest BCUT2D eigenvalue weighted by Crippen LogP contribution is 2.33. The summed E-state index contributed by atoms with van der Waals surface area (Å²) in [4.78, 5) is 0. The first-order valence-corrected chi connectivity index (χ1v) is 7.18. The van der Waals surface area contributed by atoms with Crippen LogP contribution in [0.1, 0.15) is 5.56 Å². The fourth-order valence-electron chi connectivity index (χ4n) is 2.14. The lowest BCUT2D eigenvalue weighted by molar-refractivity contribution is 0.289. The summed E-state index contributed by atoms with van der Waals surface area (Å²) in [6, 6.07) is 16.6. The van der Waals surface area contributed by atoms with Crippen molar-refractivity contribution in [1.82, 2.24) is 0 Å². The van der Waals surface area contributed by atoms with Crippen molar-refractivity contribution in [2.45, 2.75) is 6.61 Å². The van der Waals surface area contributed by atoms with E-state index < -0.39 is 0 Å². The Morgan fingerprint density at radius 3 is 2.38 bits per heavy atom. The van der Waals surface area contributed by atoms with Gasteiger partial charge in [0.05, 0.1) is 10.0 Å². The number of ether oxygens (including phenoxy) is 1. The topological polar surface area (TPSA) is 29.5 Å². The quantitative estimate of drug-likeness (QED) is 0.697. The maximum Gasteiger partial charge on any atom is 0.162 e. The summed E-state index contributed by atoms with van der Waals surface area (Å²) in [6.07, 6.45) is 0. The monoisotopic (exact) mass is 318 g/mol. The van der Waals surface area contributed by atoms with E-state index in [1.165, 1.54) is 0 Å². The van der Waals surface area contributed by atoms with Gasteiger partial charge >= 0.3 is 0 Å². The molecule has 0 heterocycles. The van der Waals surface area contributed by atoms with Crippen LogP contribution in [0.25, 0.3) is 10.8 Å². The van der Waals surface area contributed by atoms with Crippen LogP contribution in [0.5, 0.6) is 11.5 Å². The standard InChI is InChI=1S/C17H12Cl2O2/c18-14-7-3-6-13(17(14)19)10-21-16-9-12-5-2-1-4-11(12)8-15(16)20/h1-9,20H,10H2. The van der Waals surface area contributed by atoms with Crippen LogP contribution in [0.2, 0.25) is 10.0 Å². The zero-order chi connectivity index (χ0) is 14.8. The van der Waals surface area contributed by atoms with Crippen LogP contribution in [-0.2, 0) is 6.61 Å². The van der Waals surface area contributed by atoms with Crippen LogP contribution < -0.4 is 4.74 Å². The maximum atomic E-state index is 10.0. The molecule has 0 unspecified atom stereocenters. The summed E-state index contributed by atoms with van der Waals surface area (Å²) in [5.41, 5.74) is 0.775. The van der Waals surface area contributed by atoms with Gasteiger partial charge in [-0.1, -0.05) is 59.6 Å². The fourth-order valence-corrected chi connectivity index (χ4v) is 2.51. The molecule has 0 radical (unpaired) electrons. The normalized spacial score (nSPS) is 10.8. The molecule has 0 aliphatic heterocycles. The molecule has 3 aromatic rings. The highest BCUT2D eigenvalue weighted by Gasteiger charge is 2.08. The third kappa shape index (κ3) is 2.92. The van der Waals surface area contributed by atoms with E-state index in [0.29, 0.717) is 15.8 Å². The molecule has 0 aliphatic rings. The molecule has 4 heteroatoms. The van der Waals surface area contributed by atoms with Gasteiger partial charge in [0.25, 0.3) is 0 Å². The Kier molecular flexibility index (Phi) is 3.91. The van der Waals surface area contributed by atoms with Crippen LogP contribution in [0.3, 0.4) is 0 Å². The van der Waals surface area contributed by atoms with Gasteiger partial charge in [0, 0.05) is 5.56 Å². The molecule has 0 spiro atoms. The van der Waals surface area contributed by atoms with E-state index in [-0.39, 0.29) is 12.4 Å². The minimum atomic E-state index is 0.104. The molecular formula is C17H12Cl2O2. The van der Waals surface area contributed by atoms with Crippen LogP contribution in [0.4, 0.5) is 0 Å². The molecule has 0 fully saturated rings. The average molecular weight is 319 g/mol. The number of hydrogen-bond acceptors (Lipinski definition) is 2. The highest BCUT2D eigenvalue weighted by molar-refractivity contribution is 6.42. The van der Waals surface area contributed by atoms with Gasteiger partial charge in [0.15, 0.2) is 11.5 Å². The van der Waals surface area contributed by atoms with E-state index in [1.54, 1.807) is 12.1 Å². The molecule has 3 aromatic carbocycles. The number of phenols is 1. The Balaban J connectivity index is 1.88. The second-order valence-electron chi connectivity index (χ2n) is 4.67. The van der Waals surface area contributed by atoms with Crippen molar-refractivity contribution in [3.63, 3.8) is 0 Å². The summed E-state index contributed by atoms with van der Waals surface area (Å²) < 4.78 is 5.67. The van der Waals surface area contributed by atoms with E-state index >= 15 is 0 Å². The summed E-state index contributed by atoms with van der Waals surface area (Å²) in [5.74, 6) is 0.525. The molecule has 0 saturated carbocycles. The Labute approximate surface area is 132 Å². The largest absolute Gasteiger partial charge is 0.504 e. The van der Waals surface area contributed by atoms with Gasteiger partial charge in [-0.15, -0.1) is 0 Å². The first kappa shape index (κ1) is 14.1. The smallest absolute Gasteiger partial charge is 0.162 e. The molecule has 2 nitrogen and oxygen atoms in total. The van der Waals surface area contributed by atoms with Gasteiger partial charge in [-0.3, -0.25) is 0 Å². The first-order valence-electron chi connectivity index (χ1n) is 6.42. The molecular weight excluding hydrogens is 307 g/mol. The molecule has 0 aromatic heterocycles. The number of hydrogen-bond donors (Lipinski definition) is 1. The molecule has 3 rings (SSSR count). The van der Waals surface area contributed by atoms with Crippen molar-refractivity contribution in [2.24, 2.45) is 0 Å². The van der Waals surface area contributed by atoms with Crippen LogP contribution >= 0.6 is 23.2 Å². The van der Waals surface area contributed by atoms with Crippen molar-refractivity contribution in [2.75, 3.05) is 0 Å². The van der Waals surface area contributed by atoms with E-state index in [9.17, 15) is 5.11 Å². The predicted octanol–water partition coefficient (Wildman–Crippen LogP) is 5.43. The summed E-state index contributed by atoms with van der Waals surface area (Å²) >= 11 is 12.1. The second-order valence-corrected chi connectivity index (χ2v) is 5.45. The van der Waals surface area contributed by atoms with Crippen LogP contribution in [-0.4, -0.2) is 5.11 Å². The lowest BCUT2D eigenvalue weighted by Crippen LogP contribution is -1.97. The first-order chi connectivity index (χ1) is 10.1. The molecule has 0 aliphatic carbocycles. The molecule has 1 N–H and O–H groups in total. The van der Waals surface area contributed by atoms with Crippen molar-refractivity contribution in [3.05, 3.63) is 70.2 Å². The molecule has 21 heavy (non-hydrogen) atoms. The number of phenolic OH excluding ortho intramolecular Hbond substituents is 1. The fraction of sp³-hybridized carbons (Fsp3) is 0.0588. The van der Waals surface area contributed by atoms with Gasteiger partial charge in [-0.05, 0) is 29.0 Å². The molecule has 106 valence electrons. The summed E-state index contributed by atoms with van der Waals surface area (Å²) in [5, 5.41) is 12.9. The number of aromatic hydroxyl groups is 1. The van der Waals surface area contributed by atoms with Crippen LogP contribution in [0.15, 0.2) is 54.6 Å². The highest BCUT2D eigenvalue weighted by atomic mass is 35.5. The number of halogens is 2. The van der Waals surface area contributed by atoms with Crippen LogP contribution in [0, 0.1) is 0 Å². The van der Waals surface area contributed by atoms with E-state index in [0.717, 1.165) is 16.3 Å². The Hall–Kier alpha value is -1.90.